The van der Waals surface area contributed by atoms with E-state index in [0.29, 0.717) is 12.0 Å². The molecule has 0 radical (unpaired) electrons. The number of furan rings is 1. The highest BCUT2D eigenvalue weighted by Crippen LogP contribution is 2.24. The van der Waals surface area contributed by atoms with Crippen LogP contribution in [0.2, 0.25) is 0 Å². The number of fused-ring (bicyclic) bond motifs is 1. The Hall–Kier alpha value is -1.56. The van der Waals surface area contributed by atoms with Crippen molar-refractivity contribution in [3.05, 3.63) is 35.6 Å². The van der Waals surface area contributed by atoms with Crippen LogP contribution in [0, 0.1) is 0 Å². The van der Waals surface area contributed by atoms with Gasteiger partial charge in [-0.1, -0.05) is 0 Å². The van der Waals surface area contributed by atoms with E-state index in [4.69, 9.17) is 10.2 Å². The first-order chi connectivity index (χ1) is 9.40. The van der Waals surface area contributed by atoms with Crippen molar-refractivity contribution in [3.63, 3.8) is 0 Å². The first-order valence-electron chi connectivity index (χ1n) is 6.68. The summed E-state index contributed by atoms with van der Waals surface area (Å²) in [5, 5.41) is 11.3. The van der Waals surface area contributed by atoms with Gasteiger partial charge in [0.05, 0.1) is 12.3 Å². The average Bonchev–Trinajstić information content (AvgIpc) is 2.84. The van der Waals surface area contributed by atoms with Crippen LogP contribution in [0.3, 0.4) is 0 Å². The summed E-state index contributed by atoms with van der Waals surface area (Å²) in [5.74, 6) is -0.422. The fourth-order valence-electron chi connectivity index (χ4n) is 2.15. The van der Waals surface area contributed by atoms with Crippen molar-refractivity contribution >= 4 is 29.3 Å². The van der Waals surface area contributed by atoms with Gasteiger partial charge >= 0.3 is 0 Å². The van der Waals surface area contributed by atoms with E-state index in [0.717, 1.165) is 21.6 Å². The molecule has 1 amide bonds. The molecule has 116 valence electrons. The Bertz CT molecular complexity index is 622. The smallest absolute Gasteiger partial charge is 0.277 e. The van der Waals surface area contributed by atoms with E-state index in [9.17, 15) is 10.0 Å². The third-order valence-electron chi connectivity index (χ3n) is 3.11. The highest BCUT2D eigenvalue weighted by molar-refractivity contribution is 5.98. The Morgan fingerprint density at radius 3 is 2.62 bits per heavy atom. The van der Waals surface area contributed by atoms with Gasteiger partial charge in [-0.15, -0.1) is 12.4 Å². The van der Waals surface area contributed by atoms with Gasteiger partial charge in [-0.3, -0.25) is 10.0 Å². The van der Waals surface area contributed by atoms with Crippen LogP contribution in [0.4, 0.5) is 0 Å². The Labute approximate surface area is 130 Å². The molecule has 2 rings (SSSR count). The van der Waals surface area contributed by atoms with Crippen molar-refractivity contribution in [2.75, 3.05) is 0 Å². The van der Waals surface area contributed by atoms with Crippen molar-refractivity contribution in [2.45, 2.75) is 39.3 Å². The van der Waals surface area contributed by atoms with Gasteiger partial charge in [0.15, 0.2) is 0 Å². The molecule has 1 unspecified atom stereocenters. The van der Waals surface area contributed by atoms with E-state index in [2.05, 4.69) is 0 Å². The van der Waals surface area contributed by atoms with E-state index < -0.39 is 5.91 Å². The van der Waals surface area contributed by atoms with E-state index >= 15 is 0 Å². The van der Waals surface area contributed by atoms with E-state index in [-0.39, 0.29) is 24.5 Å². The average molecular weight is 313 g/mol. The zero-order valence-corrected chi connectivity index (χ0v) is 13.2. The standard InChI is InChI=1S/C15H20N2O3.ClH/c1-9(2)17(19)15(18)13-7-11-4-5-20-14(11)12(8-13)6-10(3)16;/h4-5,7-10,19H,6,16H2,1-3H3;1H. The molecule has 21 heavy (non-hydrogen) atoms. The van der Waals surface area contributed by atoms with Crippen molar-refractivity contribution in [1.29, 1.82) is 0 Å². The number of halogens is 1. The summed E-state index contributed by atoms with van der Waals surface area (Å²) in [6.45, 7) is 5.39. The van der Waals surface area contributed by atoms with Crippen molar-refractivity contribution < 1.29 is 14.4 Å². The Kier molecular flexibility index (Phi) is 5.78. The van der Waals surface area contributed by atoms with Crippen LogP contribution in [0.5, 0.6) is 0 Å². The minimum absolute atomic E-state index is 0. The maximum absolute atomic E-state index is 12.2. The molecule has 0 saturated carbocycles. The minimum Gasteiger partial charge on any atom is -0.464 e. The maximum atomic E-state index is 12.2. The fourth-order valence-corrected chi connectivity index (χ4v) is 2.15. The molecule has 0 aliphatic carbocycles. The molecule has 1 aromatic carbocycles. The Balaban J connectivity index is 0.00000220. The first-order valence-corrected chi connectivity index (χ1v) is 6.68. The van der Waals surface area contributed by atoms with Gasteiger partial charge in [-0.2, -0.15) is 0 Å². The zero-order chi connectivity index (χ0) is 14.9. The molecule has 0 aliphatic heterocycles. The largest absolute Gasteiger partial charge is 0.464 e. The van der Waals surface area contributed by atoms with Gasteiger partial charge in [0.25, 0.3) is 5.91 Å². The van der Waals surface area contributed by atoms with Crippen LogP contribution >= 0.6 is 12.4 Å². The fraction of sp³-hybridized carbons (Fsp3) is 0.400. The maximum Gasteiger partial charge on any atom is 0.277 e. The lowest BCUT2D eigenvalue weighted by Gasteiger charge is -2.19. The highest BCUT2D eigenvalue weighted by Gasteiger charge is 2.19. The molecule has 1 aromatic heterocycles. The van der Waals surface area contributed by atoms with Gasteiger partial charge in [0.1, 0.15) is 5.58 Å². The number of hydroxylamine groups is 2. The van der Waals surface area contributed by atoms with Gasteiger partial charge < -0.3 is 10.2 Å². The summed E-state index contributed by atoms with van der Waals surface area (Å²) in [6, 6.07) is 4.94. The summed E-state index contributed by atoms with van der Waals surface area (Å²) < 4.78 is 5.45. The number of hydrogen-bond acceptors (Lipinski definition) is 4. The number of carbonyl (C=O) groups excluding carboxylic acids is 1. The summed E-state index contributed by atoms with van der Waals surface area (Å²) in [4.78, 5) is 12.2. The van der Waals surface area contributed by atoms with Crippen molar-refractivity contribution in [1.82, 2.24) is 5.06 Å². The molecule has 0 saturated heterocycles. The molecule has 0 aliphatic rings. The van der Waals surface area contributed by atoms with Gasteiger partial charge in [0, 0.05) is 17.0 Å². The molecular formula is C15H21ClN2O3. The third-order valence-corrected chi connectivity index (χ3v) is 3.11. The summed E-state index contributed by atoms with van der Waals surface area (Å²) >= 11 is 0. The highest BCUT2D eigenvalue weighted by atomic mass is 35.5. The molecule has 5 nitrogen and oxygen atoms in total. The molecule has 0 bridgehead atoms. The number of rotatable bonds is 4. The van der Waals surface area contributed by atoms with E-state index in [1.807, 2.05) is 6.92 Å². The number of nitrogens with two attached hydrogens (primary N) is 1. The molecular weight excluding hydrogens is 292 g/mol. The molecule has 1 heterocycles. The molecule has 2 aromatic rings. The van der Waals surface area contributed by atoms with E-state index in [1.54, 1.807) is 38.3 Å². The normalized spacial score (nSPS) is 12.3. The number of hydrogen-bond donors (Lipinski definition) is 2. The second kappa shape index (κ2) is 6.93. The van der Waals surface area contributed by atoms with Gasteiger partial charge in [-0.05, 0) is 51.0 Å². The van der Waals surface area contributed by atoms with Gasteiger partial charge in [0.2, 0.25) is 0 Å². The number of benzene rings is 1. The SMILES string of the molecule is CC(N)Cc1cc(C(=O)N(O)C(C)C)cc2ccoc12.Cl. The molecule has 1 atom stereocenters. The molecule has 6 heteroatoms. The lowest BCUT2D eigenvalue weighted by Crippen LogP contribution is -2.33. The number of carbonyl (C=O) groups is 1. The lowest BCUT2D eigenvalue weighted by atomic mass is 10.0. The summed E-state index contributed by atoms with van der Waals surface area (Å²) in [7, 11) is 0. The molecule has 3 N–H and O–H groups in total. The van der Waals surface area contributed by atoms with Crippen LogP contribution in [0.25, 0.3) is 11.0 Å². The summed E-state index contributed by atoms with van der Waals surface area (Å²) in [6.07, 6.45) is 2.20. The zero-order valence-electron chi connectivity index (χ0n) is 12.4. The summed E-state index contributed by atoms with van der Waals surface area (Å²) in [5.41, 5.74) is 7.89. The van der Waals surface area contributed by atoms with Crippen LogP contribution in [0.1, 0.15) is 36.7 Å². The third kappa shape index (κ3) is 3.75. The predicted molar refractivity (Wildman–Crippen MR) is 83.9 cm³/mol. The van der Waals surface area contributed by atoms with Crippen LogP contribution in [0.15, 0.2) is 28.9 Å². The minimum atomic E-state index is -0.422. The van der Waals surface area contributed by atoms with E-state index in [1.165, 1.54) is 0 Å². The topological polar surface area (TPSA) is 79.7 Å². The number of nitrogens with zero attached hydrogens (tertiary/aromatic N) is 1. The monoisotopic (exact) mass is 312 g/mol. The van der Waals surface area contributed by atoms with Crippen molar-refractivity contribution in [2.24, 2.45) is 5.73 Å². The van der Waals surface area contributed by atoms with Crippen LogP contribution < -0.4 is 5.73 Å². The van der Waals surface area contributed by atoms with Gasteiger partial charge in [-0.25, -0.2) is 5.06 Å². The second-order valence-electron chi connectivity index (χ2n) is 5.40. The Morgan fingerprint density at radius 1 is 1.38 bits per heavy atom. The predicted octanol–water partition coefficient (Wildman–Crippen LogP) is 2.98. The lowest BCUT2D eigenvalue weighted by molar-refractivity contribution is -0.0794. The second-order valence-corrected chi connectivity index (χ2v) is 5.40. The quantitative estimate of drug-likeness (QED) is 0.672. The molecule has 0 spiro atoms. The van der Waals surface area contributed by atoms with Crippen molar-refractivity contribution in [3.8, 4) is 0 Å². The number of amides is 1. The molecule has 0 fully saturated rings. The first kappa shape index (κ1) is 17.5. The van der Waals surface area contributed by atoms with Crippen LogP contribution in [-0.2, 0) is 6.42 Å². The Morgan fingerprint density at radius 2 is 2.05 bits per heavy atom. The van der Waals surface area contributed by atoms with Crippen LogP contribution in [-0.4, -0.2) is 28.3 Å².